The molecule has 24 heavy (non-hydrogen) atoms. The van der Waals surface area contributed by atoms with Crippen molar-refractivity contribution < 1.29 is 19.5 Å². The Morgan fingerprint density at radius 1 is 1.25 bits per heavy atom. The van der Waals surface area contributed by atoms with Gasteiger partial charge in [-0.25, -0.2) is 0 Å². The summed E-state index contributed by atoms with van der Waals surface area (Å²) in [4.78, 5) is 35.0. The molecule has 0 saturated heterocycles. The molecular formula is C14H28N4O4SSe. The number of rotatable bonds is 14. The Balaban J connectivity index is 4.47. The van der Waals surface area contributed by atoms with Crippen molar-refractivity contribution in [3.63, 3.8) is 0 Å². The Morgan fingerprint density at radius 3 is 2.46 bits per heavy atom. The second kappa shape index (κ2) is 13.6. The molecule has 140 valence electrons. The molecule has 7 N–H and O–H groups in total. The number of hydrogen-bond acceptors (Lipinski definition) is 7. The van der Waals surface area contributed by atoms with Crippen LogP contribution in [0.3, 0.4) is 0 Å². The van der Waals surface area contributed by atoms with Crippen molar-refractivity contribution in [1.82, 2.24) is 9.65 Å². The first kappa shape index (κ1) is 23.4. The second-order valence-corrected chi connectivity index (χ2v) is 8.09. The summed E-state index contributed by atoms with van der Waals surface area (Å²) in [6, 6.07) is -2.12. The third-order valence-electron chi connectivity index (χ3n) is 3.23. The van der Waals surface area contributed by atoms with Crippen LogP contribution < -0.4 is 21.1 Å². The first-order valence-electron chi connectivity index (χ1n) is 7.77. The number of nitrogens with one attached hydrogen (secondary N) is 2. The van der Waals surface area contributed by atoms with Gasteiger partial charge in [0, 0.05) is 0 Å². The number of carboxylic acid groups (broad SMARTS) is 1. The Bertz CT molecular complexity index is 414. The van der Waals surface area contributed by atoms with Crippen molar-refractivity contribution in [2.75, 3.05) is 18.6 Å². The van der Waals surface area contributed by atoms with Gasteiger partial charge in [0.25, 0.3) is 0 Å². The van der Waals surface area contributed by atoms with Crippen LogP contribution in [0.25, 0.3) is 0 Å². The Morgan fingerprint density at radius 2 is 1.92 bits per heavy atom. The summed E-state index contributed by atoms with van der Waals surface area (Å²) in [5, 5.41) is 11.3. The summed E-state index contributed by atoms with van der Waals surface area (Å²) in [6.07, 6.45) is 4.63. The molecule has 8 nitrogen and oxygen atoms in total. The van der Waals surface area contributed by atoms with Crippen LogP contribution in [0, 0.1) is 0 Å². The van der Waals surface area contributed by atoms with E-state index in [9.17, 15) is 14.4 Å². The number of unbranched alkanes of at least 4 members (excludes halogenated alkanes) is 1. The molecule has 0 rings (SSSR count). The Hall–Kier alpha value is -0.641. The van der Waals surface area contributed by atoms with Crippen molar-refractivity contribution in [3.05, 3.63) is 0 Å². The van der Waals surface area contributed by atoms with E-state index >= 15 is 0 Å². The summed E-state index contributed by atoms with van der Waals surface area (Å²) < 4.78 is 2.86. The molecular weight excluding hydrogens is 399 g/mol. The Labute approximate surface area is 153 Å². The molecule has 0 bridgehead atoms. The molecule has 0 unspecified atom stereocenters. The fraction of sp³-hybridized carbons (Fsp3) is 0.786. The molecule has 0 spiro atoms. The summed E-state index contributed by atoms with van der Waals surface area (Å²) in [5.74, 6) is -0.792. The maximum absolute atomic E-state index is 12.2. The summed E-state index contributed by atoms with van der Waals surface area (Å²) in [7, 11) is 0. The normalized spacial score (nSPS) is 14.7. The number of carboxylic acids is 1. The van der Waals surface area contributed by atoms with Gasteiger partial charge >= 0.3 is 153 Å². The molecule has 0 radical (unpaired) electrons. The third kappa shape index (κ3) is 10.3. The van der Waals surface area contributed by atoms with E-state index < -0.39 is 45.2 Å². The first-order valence-corrected chi connectivity index (χ1v) is 10.9. The fourth-order valence-corrected chi connectivity index (χ4v) is 3.74. The van der Waals surface area contributed by atoms with Gasteiger partial charge in [-0.2, -0.15) is 0 Å². The van der Waals surface area contributed by atoms with E-state index in [0.29, 0.717) is 19.4 Å². The predicted molar refractivity (Wildman–Crippen MR) is 96.8 cm³/mol. The van der Waals surface area contributed by atoms with Crippen LogP contribution in [0.1, 0.15) is 32.6 Å². The number of carbonyl (C=O) groups is 3. The van der Waals surface area contributed by atoms with E-state index in [2.05, 4.69) is 9.65 Å². The standard InChI is InChI=1S/C14H28N4O4SSe/c1-9(13(20)21)17-12(19)11(6-8-23-2)18-24-14(22)10(16)5-3-4-7-15/h9-11,18H,3-8,15-16H2,1-2H3,(H,17,19)(H,20,21)/t9-,10-,11-/m0/s1. The molecule has 0 aromatic carbocycles. The van der Waals surface area contributed by atoms with Crippen LogP contribution in [-0.2, 0) is 14.4 Å². The topological polar surface area (TPSA) is 148 Å². The van der Waals surface area contributed by atoms with Crippen LogP contribution >= 0.6 is 11.8 Å². The monoisotopic (exact) mass is 428 g/mol. The molecule has 0 aromatic rings. The Kier molecular flexibility index (Phi) is 13.3. The van der Waals surface area contributed by atoms with E-state index in [0.717, 1.165) is 18.6 Å². The number of aliphatic carboxylic acids is 1. The number of amides is 1. The van der Waals surface area contributed by atoms with E-state index in [1.165, 1.54) is 6.92 Å². The zero-order valence-electron chi connectivity index (χ0n) is 14.1. The summed E-state index contributed by atoms with van der Waals surface area (Å²) in [5.41, 5.74) is 11.3. The number of thioether (sulfide) groups is 1. The van der Waals surface area contributed by atoms with Crippen LogP contribution in [0.5, 0.6) is 0 Å². The van der Waals surface area contributed by atoms with Gasteiger partial charge in [0.05, 0.1) is 0 Å². The zero-order chi connectivity index (χ0) is 18.5. The van der Waals surface area contributed by atoms with Gasteiger partial charge in [-0.15, -0.1) is 0 Å². The van der Waals surface area contributed by atoms with E-state index in [1.54, 1.807) is 11.8 Å². The SMILES string of the molecule is CSCC[C@H](N[Se]C(=O)[C@@H](N)CCCCN)C(=O)N[C@@H](C)C(=O)O. The van der Waals surface area contributed by atoms with Crippen molar-refractivity contribution in [2.45, 2.75) is 50.7 Å². The molecule has 0 aliphatic heterocycles. The zero-order valence-corrected chi connectivity index (χ0v) is 16.6. The summed E-state index contributed by atoms with van der Waals surface area (Å²) in [6.45, 7) is 1.97. The minimum atomic E-state index is -1.10. The molecule has 3 atom stereocenters. The quantitative estimate of drug-likeness (QED) is 0.173. The van der Waals surface area contributed by atoms with E-state index in [1.807, 2.05) is 6.26 Å². The van der Waals surface area contributed by atoms with Crippen LogP contribution in [0.4, 0.5) is 0 Å². The van der Waals surface area contributed by atoms with Gasteiger partial charge in [-0.1, -0.05) is 0 Å². The first-order chi connectivity index (χ1) is 11.3. The van der Waals surface area contributed by atoms with Crippen molar-refractivity contribution in [1.29, 1.82) is 0 Å². The molecule has 0 fully saturated rings. The molecule has 0 heterocycles. The van der Waals surface area contributed by atoms with Gasteiger partial charge in [0.2, 0.25) is 0 Å². The molecule has 0 aromatic heterocycles. The minimum absolute atomic E-state index is 0.104. The van der Waals surface area contributed by atoms with Gasteiger partial charge in [-0.3, -0.25) is 0 Å². The van der Waals surface area contributed by atoms with Crippen LogP contribution in [0.2, 0.25) is 0 Å². The average Bonchev–Trinajstić information content (AvgIpc) is 2.54. The number of nitrogens with two attached hydrogens (primary N) is 2. The van der Waals surface area contributed by atoms with Crippen LogP contribution in [-0.4, -0.2) is 73.5 Å². The van der Waals surface area contributed by atoms with Gasteiger partial charge in [0.15, 0.2) is 0 Å². The third-order valence-corrected chi connectivity index (χ3v) is 5.78. The van der Waals surface area contributed by atoms with E-state index in [4.69, 9.17) is 16.6 Å². The number of hydrogen-bond donors (Lipinski definition) is 5. The van der Waals surface area contributed by atoms with Crippen molar-refractivity contribution in [3.8, 4) is 0 Å². The average molecular weight is 427 g/mol. The van der Waals surface area contributed by atoms with Crippen LogP contribution in [0.15, 0.2) is 0 Å². The van der Waals surface area contributed by atoms with E-state index in [-0.39, 0.29) is 4.68 Å². The summed E-state index contributed by atoms with van der Waals surface area (Å²) >= 11 is 0.946. The maximum atomic E-state index is 12.2. The molecule has 1 amide bonds. The van der Waals surface area contributed by atoms with Gasteiger partial charge < -0.3 is 0 Å². The molecule has 0 aliphatic carbocycles. The second-order valence-electron chi connectivity index (χ2n) is 5.33. The molecule has 0 saturated carbocycles. The van der Waals surface area contributed by atoms with Gasteiger partial charge in [0.1, 0.15) is 0 Å². The predicted octanol–water partition coefficient (Wildman–Crippen LogP) is -1.11. The van der Waals surface area contributed by atoms with Gasteiger partial charge in [-0.05, 0) is 0 Å². The molecule has 0 aliphatic rings. The van der Waals surface area contributed by atoms with Crippen molar-refractivity contribution >= 4 is 43.5 Å². The fourth-order valence-electron chi connectivity index (χ4n) is 1.69. The number of carbonyl (C=O) groups excluding carboxylic acids is 2. The molecule has 10 heteroatoms. The van der Waals surface area contributed by atoms with Crippen molar-refractivity contribution in [2.24, 2.45) is 11.5 Å².